The van der Waals surface area contributed by atoms with E-state index in [9.17, 15) is 4.79 Å². The number of aromatic nitrogens is 2. The summed E-state index contributed by atoms with van der Waals surface area (Å²) in [7, 11) is 0. The molecule has 0 spiro atoms. The van der Waals surface area contributed by atoms with Crippen molar-refractivity contribution >= 4 is 5.78 Å². The van der Waals surface area contributed by atoms with Crippen molar-refractivity contribution in [2.45, 2.75) is 26.8 Å². The Balaban J connectivity index is 2.20. The van der Waals surface area contributed by atoms with Crippen molar-refractivity contribution in [3.05, 3.63) is 18.2 Å². The van der Waals surface area contributed by atoms with Crippen molar-refractivity contribution in [3.63, 3.8) is 0 Å². The molecule has 2 atom stereocenters. The fourth-order valence-corrected chi connectivity index (χ4v) is 1.64. The van der Waals surface area contributed by atoms with Crippen molar-refractivity contribution in [2.24, 2.45) is 11.8 Å². The molecule has 1 aliphatic carbocycles. The lowest BCUT2D eigenvalue weighted by atomic mass is 10.2. The lowest BCUT2D eigenvalue weighted by Crippen LogP contribution is -2.11. The van der Waals surface area contributed by atoms with E-state index in [4.69, 9.17) is 0 Å². The van der Waals surface area contributed by atoms with Crippen LogP contribution in [0.3, 0.4) is 0 Å². The molecule has 2 unspecified atom stereocenters. The maximum Gasteiger partial charge on any atom is 0.201 e. The highest BCUT2D eigenvalue weighted by atomic mass is 16.1. The molecule has 0 aromatic carbocycles. The third-order valence-electron chi connectivity index (χ3n) is 2.72. The van der Waals surface area contributed by atoms with Crippen LogP contribution in [-0.2, 0) is 6.54 Å². The van der Waals surface area contributed by atoms with Crippen LogP contribution >= 0.6 is 0 Å². The summed E-state index contributed by atoms with van der Waals surface area (Å²) in [5.74, 6) is 1.67. The van der Waals surface area contributed by atoms with Crippen molar-refractivity contribution < 1.29 is 4.79 Å². The molecule has 70 valence electrons. The molecule has 0 saturated heterocycles. The normalized spacial score (nSPS) is 26.0. The van der Waals surface area contributed by atoms with E-state index in [0.29, 0.717) is 11.7 Å². The molecule has 0 aliphatic heterocycles. The molecule has 3 nitrogen and oxygen atoms in total. The maximum absolute atomic E-state index is 11.8. The molecule has 1 saturated carbocycles. The summed E-state index contributed by atoms with van der Waals surface area (Å²) in [5, 5.41) is 0. The predicted molar refractivity (Wildman–Crippen MR) is 49.5 cm³/mol. The zero-order valence-corrected chi connectivity index (χ0v) is 8.03. The standard InChI is InChI=1S/C10H14N2O/c1-3-12-5-4-11-10(12)9(13)8-6-7(8)2/h4-5,7-8H,3,6H2,1-2H3. The molecule has 0 bridgehead atoms. The summed E-state index contributed by atoms with van der Waals surface area (Å²) < 4.78 is 1.91. The fraction of sp³-hybridized carbons (Fsp3) is 0.600. The Morgan fingerprint density at radius 1 is 1.77 bits per heavy atom. The van der Waals surface area contributed by atoms with Crippen LogP contribution in [-0.4, -0.2) is 15.3 Å². The van der Waals surface area contributed by atoms with Crippen LogP contribution in [0.5, 0.6) is 0 Å². The van der Waals surface area contributed by atoms with Gasteiger partial charge in [-0.2, -0.15) is 0 Å². The summed E-state index contributed by atoms with van der Waals surface area (Å²) in [6, 6.07) is 0. The average Bonchev–Trinajstić information content (AvgIpc) is 2.70. The highest BCUT2D eigenvalue weighted by Gasteiger charge is 2.40. The number of ketones is 1. The maximum atomic E-state index is 11.8. The molecule has 1 aromatic heterocycles. The third kappa shape index (κ3) is 1.39. The van der Waals surface area contributed by atoms with Crippen LogP contribution in [0.2, 0.25) is 0 Å². The molecule has 1 heterocycles. The van der Waals surface area contributed by atoms with Gasteiger partial charge in [-0.15, -0.1) is 0 Å². The van der Waals surface area contributed by atoms with Crippen molar-refractivity contribution in [3.8, 4) is 0 Å². The van der Waals surface area contributed by atoms with Crippen molar-refractivity contribution in [1.29, 1.82) is 0 Å². The van der Waals surface area contributed by atoms with E-state index in [1.54, 1.807) is 6.20 Å². The monoisotopic (exact) mass is 178 g/mol. The lowest BCUT2D eigenvalue weighted by Gasteiger charge is -2.01. The number of carbonyl (C=O) groups excluding carboxylic acids is 1. The highest BCUT2D eigenvalue weighted by Crippen LogP contribution is 2.39. The molecule has 2 rings (SSSR count). The number of nitrogens with zero attached hydrogens (tertiary/aromatic N) is 2. The first-order valence-corrected chi connectivity index (χ1v) is 4.79. The third-order valence-corrected chi connectivity index (χ3v) is 2.72. The Hall–Kier alpha value is -1.12. The van der Waals surface area contributed by atoms with Gasteiger partial charge in [-0.3, -0.25) is 4.79 Å². The SMILES string of the molecule is CCn1ccnc1C(=O)C1CC1C. The first-order valence-electron chi connectivity index (χ1n) is 4.79. The molecule has 13 heavy (non-hydrogen) atoms. The Morgan fingerprint density at radius 2 is 2.46 bits per heavy atom. The number of carbonyl (C=O) groups is 1. The Bertz CT molecular complexity index is 329. The van der Waals surface area contributed by atoms with Gasteiger partial charge in [-0.1, -0.05) is 6.92 Å². The summed E-state index contributed by atoms with van der Waals surface area (Å²) in [4.78, 5) is 15.9. The number of aryl methyl sites for hydroxylation is 1. The largest absolute Gasteiger partial charge is 0.329 e. The fourth-order valence-electron chi connectivity index (χ4n) is 1.64. The van der Waals surface area contributed by atoms with E-state index in [2.05, 4.69) is 11.9 Å². The molecular weight excluding hydrogens is 164 g/mol. The van der Waals surface area contributed by atoms with Gasteiger partial charge in [-0.05, 0) is 19.3 Å². The molecule has 0 amide bonds. The number of imidazole rings is 1. The molecular formula is C10H14N2O. The predicted octanol–water partition coefficient (Wildman–Crippen LogP) is 1.74. The van der Waals surface area contributed by atoms with Gasteiger partial charge < -0.3 is 4.57 Å². The molecule has 1 aromatic rings. The van der Waals surface area contributed by atoms with Crippen molar-refractivity contribution in [1.82, 2.24) is 9.55 Å². The second-order valence-electron chi connectivity index (χ2n) is 3.72. The van der Waals surface area contributed by atoms with E-state index >= 15 is 0 Å². The second kappa shape index (κ2) is 2.98. The van der Waals surface area contributed by atoms with E-state index in [0.717, 1.165) is 13.0 Å². The highest BCUT2D eigenvalue weighted by molar-refractivity contribution is 5.96. The van der Waals surface area contributed by atoms with Crippen LogP contribution in [0.1, 0.15) is 30.9 Å². The lowest BCUT2D eigenvalue weighted by molar-refractivity contribution is 0.0948. The van der Waals surface area contributed by atoms with Crippen LogP contribution in [0.25, 0.3) is 0 Å². The number of hydrogen-bond donors (Lipinski definition) is 0. The van der Waals surface area contributed by atoms with Crippen molar-refractivity contribution in [2.75, 3.05) is 0 Å². The van der Waals surface area contributed by atoms with E-state index in [-0.39, 0.29) is 11.7 Å². The van der Waals surface area contributed by atoms with Gasteiger partial charge >= 0.3 is 0 Å². The molecule has 0 N–H and O–H groups in total. The van der Waals surface area contributed by atoms with Gasteiger partial charge in [0.2, 0.25) is 5.78 Å². The summed E-state index contributed by atoms with van der Waals surface area (Å²) in [6.45, 7) is 4.96. The Morgan fingerprint density at radius 3 is 3.00 bits per heavy atom. The van der Waals surface area contributed by atoms with E-state index < -0.39 is 0 Å². The van der Waals surface area contributed by atoms with Crippen LogP contribution in [0.15, 0.2) is 12.4 Å². The quantitative estimate of drug-likeness (QED) is 0.661. The molecule has 1 fully saturated rings. The first kappa shape index (κ1) is 8.48. The van der Waals surface area contributed by atoms with Gasteiger partial charge in [-0.25, -0.2) is 4.98 Å². The number of rotatable bonds is 3. The topological polar surface area (TPSA) is 34.9 Å². The first-order chi connectivity index (χ1) is 6.24. The van der Waals surface area contributed by atoms with Gasteiger partial charge in [0, 0.05) is 24.9 Å². The molecule has 0 radical (unpaired) electrons. The summed E-state index contributed by atoms with van der Waals surface area (Å²) in [6.07, 6.45) is 4.60. The average molecular weight is 178 g/mol. The smallest absolute Gasteiger partial charge is 0.201 e. The summed E-state index contributed by atoms with van der Waals surface area (Å²) >= 11 is 0. The number of Topliss-reactive ketones (excluding diaryl/α,β-unsaturated/α-hetero) is 1. The van der Waals surface area contributed by atoms with Gasteiger partial charge in [0.1, 0.15) is 0 Å². The molecule has 1 aliphatic rings. The van der Waals surface area contributed by atoms with E-state index in [1.807, 2.05) is 17.7 Å². The van der Waals surface area contributed by atoms with Gasteiger partial charge in [0.15, 0.2) is 5.82 Å². The van der Waals surface area contributed by atoms with Crippen LogP contribution in [0, 0.1) is 11.8 Å². The Labute approximate surface area is 77.8 Å². The van der Waals surface area contributed by atoms with Crippen LogP contribution in [0.4, 0.5) is 0 Å². The van der Waals surface area contributed by atoms with Gasteiger partial charge in [0.05, 0.1) is 0 Å². The zero-order chi connectivity index (χ0) is 9.42. The summed E-state index contributed by atoms with van der Waals surface area (Å²) in [5.41, 5.74) is 0. The minimum atomic E-state index is 0.222. The molecule has 3 heteroatoms. The van der Waals surface area contributed by atoms with Crippen LogP contribution < -0.4 is 0 Å². The zero-order valence-electron chi connectivity index (χ0n) is 8.03. The second-order valence-corrected chi connectivity index (χ2v) is 3.72. The minimum Gasteiger partial charge on any atom is -0.329 e. The Kier molecular flexibility index (Phi) is 1.94. The minimum absolute atomic E-state index is 0.222. The number of hydrogen-bond acceptors (Lipinski definition) is 2. The van der Waals surface area contributed by atoms with Gasteiger partial charge in [0.25, 0.3) is 0 Å². The van der Waals surface area contributed by atoms with E-state index in [1.165, 1.54) is 0 Å².